The van der Waals surface area contributed by atoms with Crippen LogP contribution >= 0.6 is 11.6 Å². The van der Waals surface area contributed by atoms with Gasteiger partial charge in [-0.25, -0.2) is 0 Å². The smallest absolute Gasteiger partial charge is 0.120 e. The number of ether oxygens (including phenoxy) is 1. The zero-order valence-electron chi connectivity index (χ0n) is 13.9. The first kappa shape index (κ1) is 15.8. The van der Waals surface area contributed by atoms with Crippen LogP contribution in [0.1, 0.15) is 11.1 Å². The SMILES string of the molecule is Cc1c(-c2ccc(Cl)cc2)[nH]c2ccc(OCc3ccccc3)cc12. The number of nitrogens with one attached hydrogen (secondary N) is 1. The molecule has 0 aliphatic rings. The molecule has 0 saturated carbocycles. The van der Waals surface area contributed by atoms with Crippen LogP contribution in [-0.4, -0.2) is 4.98 Å². The molecule has 0 amide bonds. The number of halogens is 1. The molecule has 1 aromatic heterocycles. The van der Waals surface area contributed by atoms with Gasteiger partial charge in [-0.05, 0) is 53.9 Å². The quantitative estimate of drug-likeness (QED) is 0.455. The average Bonchev–Trinajstić information content (AvgIpc) is 2.98. The van der Waals surface area contributed by atoms with Crippen molar-refractivity contribution in [1.29, 1.82) is 0 Å². The third-order valence-corrected chi connectivity index (χ3v) is 4.66. The molecule has 1 heterocycles. The first-order chi connectivity index (χ1) is 12.2. The van der Waals surface area contributed by atoms with Crippen LogP contribution in [0.15, 0.2) is 72.8 Å². The molecule has 0 saturated heterocycles. The number of aromatic nitrogens is 1. The van der Waals surface area contributed by atoms with E-state index in [0.29, 0.717) is 6.61 Å². The summed E-state index contributed by atoms with van der Waals surface area (Å²) in [6.45, 7) is 2.70. The van der Waals surface area contributed by atoms with E-state index in [-0.39, 0.29) is 0 Å². The summed E-state index contributed by atoms with van der Waals surface area (Å²) < 4.78 is 5.95. The number of H-pyrrole nitrogens is 1. The largest absolute Gasteiger partial charge is 0.489 e. The van der Waals surface area contributed by atoms with Crippen LogP contribution in [0.5, 0.6) is 5.75 Å². The van der Waals surface area contributed by atoms with Crippen LogP contribution in [0.2, 0.25) is 5.02 Å². The number of rotatable bonds is 4. The maximum Gasteiger partial charge on any atom is 0.120 e. The second-order valence-electron chi connectivity index (χ2n) is 6.11. The molecule has 3 aromatic carbocycles. The molecule has 0 aliphatic heterocycles. The van der Waals surface area contributed by atoms with Crippen LogP contribution in [0.3, 0.4) is 0 Å². The van der Waals surface area contributed by atoms with E-state index in [4.69, 9.17) is 16.3 Å². The first-order valence-electron chi connectivity index (χ1n) is 8.26. The molecule has 1 N–H and O–H groups in total. The highest BCUT2D eigenvalue weighted by Gasteiger charge is 2.10. The summed E-state index contributed by atoms with van der Waals surface area (Å²) in [5, 5.41) is 1.92. The van der Waals surface area contributed by atoms with E-state index in [2.05, 4.69) is 36.2 Å². The molecule has 25 heavy (non-hydrogen) atoms. The van der Waals surface area contributed by atoms with Crippen LogP contribution in [-0.2, 0) is 6.61 Å². The summed E-state index contributed by atoms with van der Waals surface area (Å²) in [6.07, 6.45) is 0. The second-order valence-corrected chi connectivity index (χ2v) is 6.55. The second kappa shape index (κ2) is 6.66. The van der Waals surface area contributed by atoms with Crippen molar-refractivity contribution in [1.82, 2.24) is 4.98 Å². The maximum atomic E-state index is 6.00. The molecule has 0 spiro atoms. The molecule has 4 aromatic rings. The molecular weight excluding hydrogens is 330 g/mol. The Kier molecular flexibility index (Phi) is 4.21. The highest BCUT2D eigenvalue weighted by molar-refractivity contribution is 6.30. The van der Waals surface area contributed by atoms with Gasteiger partial charge in [0.2, 0.25) is 0 Å². The van der Waals surface area contributed by atoms with Gasteiger partial charge in [0.25, 0.3) is 0 Å². The third kappa shape index (κ3) is 3.26. The number of hydrogen-bond acceptors (Lipinski definition) is 1. The Morgan fingerprint density at radius 1 is 0.920 bits per heavy atom. The van der Waals surface area contributed by atoms with Crippen LogP contribution < -0.4 is 4.74 Å². The Hall–Kier alpha value is -2.71. The van der Waals surface area contributed by atoms with Gasteiger partial charge in [0.15, 0.2) is 0 Å². The molecule has 0 radical (unpaired) electrons. The Labute approximate surface area is 152 Å². The van der Waals surface area contributed by atoms with Crippen LogP contribution in [0, 0.1) is 6.92 Å². The number of benzene rings is 3. The molecule has 124 valence electrons. The van der Waals surface area contributed by atoms with Gasteiger partial charge < -0.3 is 9.72 Å². The fraction of sp³-hybridized carbons (Fsp3) is 0.0909. The Bertz CT molecular complexity index is 1000. The van der Waals surface area contributed by atoms with Gasteiger partial charge in [-0.3, -0.25) is 0 Å². The summed E-state index contributed by atoms with van der Waals surface area (Å²) in [5.74, 6) is 0.876. The van der Waals surface area contributed by atoms with E-state index in [9.17, 15) is 0 Å². The summed E-state index contributed by atoms with van der Waals surface area (Å²) in [5.41, 5.74) is 5.73. The van der Waals surface area contributed by atoms with Crippen molar-refractivity contribution < 1.29 is 4.74 Å². The summed E-state index contributed by atoms with van der Waals surface area (Å²) >= 11 is 6.00. The van der Waals surface area contributed by atoms with Gasteiger partial charge in [0, 0.05) is 21.6 Å². The Morgan fingerprint density at radius 3 is 2.44 bits per heavy atom. The standard InChI is InChI=1S/C22H18ClNO/c1-15-20-13-19(25-14-16-5-3-2-4-6-16)11-12-21(20)24-22(15)17-7-9-18(23)10-8-17/h2-13,24H,14H2,1H3. The lowest BCUT2D eigenvalue weighted by Crippen LogP contribution is -1.94. The fourth-order valence-electron chi connectivity index (χ4n) is 3.04. The van der Waals surface area contributed by atoms with E-state index in [0.717, 1.165) is 33.1 Å². The average molecular weight is 348 g/mol. The van der Waals surface area contributed by atoms with Crippen molar-refractivity contribution in [3.8, 4) is 17.0 Å². The number of hydrogen-bond donors (Lipinski definition) is 1. The van der Waals surface area contributed by atoms with Crippen LogP contribution in [0.4, 0.5) is 0 Å². The maximum absolute atomic E-state index is 6.00. The molecule has 0 bridgehead atoms. The molecule has 4 rings (SSSR count). The summed E-state index contributed by atoms with van der Waals surface area (Å²) in [4.78, 5) is 3.50. The molecule has 3 heteroatoms. The summed E-state index contributed by atoms with van der Waals surface area (Å²) in [7, 11) is 0. The van der Waals surface area contributed by atoms with E-state index in [1.807, 2.05) is 48.5 Å². The molecular formula is C22H18ClNO. The van der Waals surface area contributed by atoms with Gasteiger partial charge in [0.05, 0.1) is 0 Å². The lowest BCUT2D eigenvalue weighted by molar-refractivity contribution is 0.306. The minimum absolute atomic E-state index is 0.569. The molecule has 0 unspecified atom stereocenters. The van der Waals surface area contributed by atoms with Gasteiger partial charge in [-0.2, -0.15) is 0 Å². The molecule has 0 fully saturated rings. The first-order valence-corrected chi connectivity index (χ1v) is 8.63. The highest BCUT2D eigenvalue weighted by Crippen LogP contribution is 2.32. The Morgan fingerprint density at radius 2 is 1.68 bits per heavy atom. The van der Waals surface area contributed by atoms with Gasteiger partial charge in [-0.15, -0.1) is 0 Å². The van der Waals surface area contributed by atoms with Crippen molar-refractivity contribution in [2.45, 2.75) is 13.5 Å². The Balaban J connectivity index is 1.64. The zero-order chi connectivity index (χ0) is 17.2. The van der Waals surface area contributed by atoms with Crippen molar-refractivity contribution in [3.05, 3.63) is 88.9 Å². The van der Waals surface area contributed by atoms with Gasteiger partial charge in [0.1, 0.15) is 12.4 Å². The molecule has 0 atom stereocenters. The normalized spacial score (nSPS) is 11.0. The predicted octanol–water partition coefficient (Wildman–Crippen LogP) is 6.38. The topological polar surface area (TPSA) is 25.0 Å². The highest BCUT2D eigenvalue weighted by atomic mass is 35.5. The number of fused-ring (bicyclic) bond motifs is 1. The van der Waals surface area contributed by atoms with Gasteiger partial charge in [-0.1, -0.05) is 54.1 Å². The number of aryl methyl sites for hydroxylation is 1. The summed E-state index contributed by atoms with van der Waals surface area (Å²) in [6, 6.07) is 24.3. The monoisotopic (exact) mass is 347 g/mol. The van der Waals surface area contributed by atoms with E-state index >= 15 is 0 Å². The zero-order valence-corrected chi connectivity index (χ0v) is 14.7. The van der Waals surface area contributed by atoms with E-state index in [1.54, 1.807) is 0 Å². The third-order valence-electron chi connectivity index (χ3n) is 4.41. The van der Waals surface area contributed by atoms with Crippen molar-refractivity contribution >= 4 is 22.5 Å². The lowest BCUT2D eigenvalue weighted by Gasteiger charge is -2.06. The van der Waals surface area contributed by atoms with E-state index < -0.39 is 0 Å². The van der Waals surface area contributed by atoms with Gasteiger partial charge >= 0.3 is 0 Å². The fourth-order valence-corrected chi connectivity index (χ4v) is 3.17. The van der Waals surface area contributed by atoms with Crippen LogP contribution in [0.25, 0.3) is 22.2 Å². The van der Waals surface area contributed by atoms with E-state index in [1.165, 1.54) is 10.9 Å². The molecule has 0 aliphatic carbocycles. The molecule has 2 nitrogen and oxygen atoms in total. The predicted molar refractivity (Wildman–Crippen MR) is 104 cm³/mol. The lowest BCUT2D eigenvalue weighted by atomic mass is 10.1. The van der Waals surface area contributed by atoms with Crippen molar-refractivity contribution in [2.75, 3.05) is 0 Å². The number of aromatic amines is 1. The minimum Gasteiger partial charge on any atom is -0.489 e. The van der Waals surface area contributed by atoms with Crippen molar-refractivity contribution in [2.24, 2.45) is 0 Å². The van der Waals surface area contributed by atoms with Crippen molar-refractivity contribution in [3.63, 3.8) is 0 Å². The minimum atomic E-state index is 0.569.